The molecule has 0 spiro atoms. The normalized spacial score (nSPS) is 43.3. The molecule has 4 aliphatic rings. The summed E-state index contributed by atoms with van der Waals surface area (Å²) in [5.74, 6) is -1.97. The van der Waals surface area contributed by atoms with Crippen LogP contribution in [-0.2, 0) is 28.5 Å². The molecule has 2 unspecified atom stereocenters. The van der Waals surface area contributed by atoms with Gasteiger partial charge in [0.2, 0.25) is 0 Å². The molecule has 178 valence electrons. The third-order valence-electron chi connectivity index (χ3n) is 7.77. The van der Waals surface area contributed by atoms with Gasteiger partial charge in [-0.05, 0) is 39.3 Å². The highest BCUT2D eigenvalue weighted by Gasteiger charge is 2.59. The summed E-state index contributed by atoms with van der Waals surface area (Å²) in [6.45, 7) is 13.5. The zero-order chi connectivity index (χ0) is 23.4. The van der Waals surface area contributed by atoms with Crippen molar-refractivity contribution >= 4 is 5.78 Å². The highest BCUT2D eigenvalue weighted by molar-refractivity contribution is 5.94. The fourth-order valence-electron chi connectivity index (χ4n) is 5.78. The standard InChI is InChI=1S/C26H38O6/c1-22(2)10-8-11-24(5)12-9-19-18(17-31-23(3,4)32-19)20(24)21(27)26(22,28-7)14-13-25(6)29-15-16-30-25/h8-9,11-14,18-20H,10,15-17H2,1-7H3/b11-8-,14-13+/t18?,19?,20-,24-,26-/m1/s1. The third kappa shape index (κ3) is 3.84. The maximum absolute atomic E-state index is 14.6. The Morgan fingerprint density at radius 3 is 2.34 bits per heavy atom. The number of Topliss-reactive ketones (excluding diaryl/α,β-unsaturated/α-hetero) is 1. The molecule has 0 aromatic carbocycles. The lowest BCUT2D eigenvalue weighted by Crippen LogP contribution is -2.62. The van der Waals surface area contributed by atoms with Gasteiger partial charge in [-0.15, -0.1) is 0 Å². The molecule has 0 saturated carbocycles. The first-order valence-electron chi connectivity index (χ1n) is 11.6. The number of hydrogen-bond donors (Lipinski definition) is 0. The first-order valence-corrected chi connectivity index (χ1v) is 11.6. The number of ether oxygens (including phenoxy) is 5. The van der Waals surface area contributed by atoms with E-state index in [1.54, 1.807) is 7.11 Å². The summed E-state index contributed by atoms with van der Waals surface area (Å²) < 4.78 is 30.0. The van der Waals surface area contributed by atoms with Crippen molar-refractivity contribution in [2.75, 3.05) is 26.9 Å². The molecule has 0 N–H and O–H groups in total. The van der Waals surface area contributed by atoms with Crippen molar-refractivity contribution in [2.45, 2.75) is 71.2 Å². The van der Waals surface area contributed by atoms with Crippen LogP contribution >= 0.6 is 0 Å². The Bertz CT molecular complexity index is 833. The van der Waals surface area contributed by atoms with E-state index in [2.05, 4.69) is 45.1 Å². The molecular formula is C26H38O6. The minimum Gasteiger partial charge on any atom is -0.366 e. The van der Waals surface area contributed by atoms with E-state index in [9.17, 15) is 4.79 Å². The number of ketones is 1. The highest BCUT2D eigenvalue weighted by atomic mass is 16.7. The Labute approximate surface area is 191 Å². The van der Waals surface area contributed by atoms with Gasteiger partial charge in [-0.3, -0.25) is 4.79 Å². The Kier molecular flexibility index (Phi) is 5.87. The van der Waals surface area contributed by atoms with Crippen molar-refractivity contribution in [1.82, 2.24) is 0 Å². The topological polar surface area (TPSA) is 63.2 Å². The number of fused-ring (bicyclic) bond motifs is 3. The number of carbonyl (C=O) groups excluding carboxylic acids is 1. The molecule has 6 nitrogen and oxygen atoms in total. The number of methoxy groups -OCH3 is 1. The van der Waals surface area contributed by atoms with E-state index in [-0.39, 0.29) is 23.7 Å². The second-order valence-electron chi connectivity index (χ2n) is 11.0. The van der Waals surface area contributed by atoms with Crippen LogP contribution in [-0.4, -0.2) is 56.0 Å². The van der Waals surface area contributed by atoms with Crippen LogP contribution in [0.3, 0.4) is 0 Å². The van der Waals surface area contributed by atoms with Crippen LogP contribution in [0.1, 0.15) is 48.0 Å². The first-order chi connectivity index (χ1) is 14.9. The fraction of sp³-hybridized carbons (Fsp3) is 0.731. The quantitative estimate of drug-likeness (QED) is 0.606. The molecule has 0 radical (unpaired) electrons. The predicted molar refractivity (Wildman–Crippen MR) is 121 cm³/mol. The molecule has 2 aliphatic carbocycles. The molecule has 0 aromatic heterocycles. The molecule has 2 fully saturated rings. The Hall–Kier alpha value is -1.31. The highest BCUT2D eigenvalue weighted by Crippen LogP contribution is 2.53. The molecule has 2 aliphatic heterocycles. The van der Waals surface area contributed by atoms with Gasteiger partial charge in [0.15, 0.2) is 17.4 Å². The second-order valence-corrected chi connectivity index (χ2v) is 11.0. The van der Waals surface area contributed by atoms with Gasteiger partial charge in [-0.2, -0.15) is 0 Å². The van der Waals surface area contributed by atoms with Crippen molar-refractivity contribution in [2.24, 2.45) is 22.7 Å². The van der Waals surface area contributed by atoms with E-state index in [0.29, 0.717) is 26.2 Å². The van der Waals surface area contributed by atoms with Crippen LogP contribution in [0.2, 0.25) is 0 Å². The molecule has 4 rings (SSSR count). The van der Waals surface area contributed by atoms with Crippen LogP contribution in [0, 0.1) is 22.7 Å². The lowest BCUT2D eigenvalue weighted by atomic mass is 9.55. The number of rotatable bonds is 3. The van der Waals surface area contributed by atoms with Crippen molar-refractivity contribution in [3.63, 3.8) is 0 Å². The molecule has 32 heavy (non-hydrogen) atoms. The van der Waals surface area contributed by atoms with Crippen molar-refractivity contribution in [3.8, 4) is 0 Å². The fourth-order valence-corrected chi connectivity index (χ4v) is 5.78. The largest absolute Gasteiger partial charge is 0.366 e. The van der Waals surface area contributed by atoms with Crippen LogP contribution in [0.25, 0.3) is 0 Å². The average Bonchev–Trinajstić information content (AvgIpc) is 3.14. The van der Waals surface area contributed by atoms with Crippen LogP contribution < -0.4 is 0 Å². The summed E-state index contributed by atoms with van der Waals surface area (Å²) in [4.78, 5) is 14.6. The average molecular weight is 447 g/mol. The molecule has 6 heteroatoms. The minimum atomic E-state index is -1.16. The summed E-state index contributed by atoms with van der Waals surface area (Å²) in [6.07, 6.45) is 12.8. The summed E-state index contributed by atoms with van der Waals surface area (Å²) >= 11 is 0. The zero-order valence-electron chi connectivity index (χ0n) is 20.5. The van der Waals surface area contributed by atoms with Crippen LogP contribution in [0.15, 0.2) is 36.5 Å². The Morgan fingerprint density at radius 1 is 1.00 bits per heavy atom. The van der Waals surface area contributed by atoms with Gasteiger partial charge in [0.25, 0.3) is 0 Å². The van der Waals surface area contributed by atoms with Crippen LogP contribution in [0.4, 0.5) is 0 Å². The van der Waals surface area contributed by atoms with Gasteiger partial charge in [0.1, 0.15) is 5.60 Å². The van der Waals surface area contributed by atoms with Crippen molar-refractivity contribution in [1.29, 1.82) is 0 Å². The Morgan fingerprint density at radius 2 is 1.69 bits per heavy atom. The molecule has 5 atom stereocenters. The third-order valence-corrected chi connectivity index (χ3v) is 7.77. The maximum Gasteiger partial charge on any atom is 0.185 e. The second kappa shape index (κ2) is 7.88. The predicted octanol–water partition coefficient (Wildman–Crippen LogP) is 4.21. The van der Waals surface area contributed by atoms with E-state index < -0.39 is 28.0 Å². The van der Waals surface area contributed by atoms with Gasteiger partial charge in [-0.1, -0.05) is 45.1 Å². The van der Waals surface area contributed by atoms with Crippen molar-refractivity contribution in [3.05, 3.63) is 36.5 Å². The molecule has 0 amide bonds. The van der Waals surface area contributed by atoms with Crippen LogP contribution in [0.5, 0.6) is 0 Å². The van der Waals surface area contributed by atoms with Gasteiger partial charge in [-0.25, -0.2) is 0 Å². The first kappa shape index (κ1) is 23.8. The van der Waals surface area contributed by atoms with Gasteiger partial charge in [0.05, 0.1) is 25.9 Å². The molecule has 0 bridgehead atoms. The molecular weight excluding hydrogens is 408 g/mol. The van der Waals surface area contributed by atoms with Gasteiger partial charge >= 0.3 is 0 Å². The number of hydrogen-bond acceptors (Lipinski definition) is 6. The lowest BCUT2D eigenvalue weighted by Gasteiger charge is -2.54. The summed E-state index contributed by atoms with van der Waals surface area (Å²) in [5, 5.41) is 0. The van der Waals surface area contributed by atoms with E-state index in [1.807, 2.05) is 32.9 Å². The van der Waals surface area contributed by atoms with Gasteiger partial charge in [0, 0.05) is 29.8 Å². The monoisotopic (exact) mass is 446 g/mol. The molecule has 2 heterocycles. The summed E-state index contributed by atoms with van der Waals surface area (Å²) in [6, 6.07) is 0. The maximum atomic E-state index is 14.6. The van der Waals surface area contributed by atoms with Gasteiger partial charge < -0.3 is 23.7 Å². The summed E-state index contributed by atoms with van der Waals surface area (Å²) in [7, 11) is 1.62. The number of allylic oxidation sites excluding steroid dienone is 3. The van der Waals surface area contributed by atoms with E-state index in [0.717, 1.165) is 0 Å². The molecule has 2 saturated heterocycles. The number of carbonyl (C=O) groups is 1. The smallest absolute Gasteiger partial charge is 0.185 e. The Balaban J connectivity index is 1.81. The van der Waals surface area contributed by atoms with E-state index in [4.69, 9.17) is 23.7 Å². The van der Waals surface area contributed by atoms with E-state index in [1.165, 1.54) is 0 Å². The summed E-state index contributed by atoms with van der Waals surface area (Å²) in [5.41, 5.74) is -2.11. The van der Waals surface area contributed by atoms with E-state index >= 15 is 0 Å². The SMILES string of the molecule is CO[C@]1(/C=C/C2(C)OCCO2)C(=O)[C@H]2C3COC(C)(C)OC3C=C[C@@]2(C)/C=C\CC1(C)C. The molecule has 0 aromatic rings. The van der Waals surface area contributed by atoms with Crippen molar-refractivity contribution < 1.29 is 28.5 Å². The zero-order valence-corrected chi connectivity index (χ0v) is 20.5. The minimum absolute atomic E-state index is 0.0425. The lowest BCUT2D eigenvalue weighted by molar-refractivity contribution is -0.292.